The molecule has 0 saturated heterocycles. The minimum absolute atomic E-state index is 0.181. The van der Waals surface area contributed by atoms with Crippen LogP contribution in [-0.2, 0) is 0 Å². The minimum atomic E-state index is 0.181. The molecule has 0 spiro atoms. The van der Waals surface area contributed by atoms with Gasteiger partial charge in [-0.15, -0.1) is 0 Å². The number of carbonyl (C=O) groups is 1. The van der Waals surface area contributed by atoms with Crippen LogP contribution in [0.3, 0.4) is 0 Å². The average molecular weight is 241 g/mol. The van der Waals surface area contributed by atoms with Crippen LogP contribution in [-0.4, -0.2) is 12.4 Å². The molecule has 13 heavy (non-hydrogen) atoms. The number of ether oxygens (including phenoxy) is 1. The van der Waals surface area contributed by atoms with Gasteiger partial charge in [-0.2, -0.15) is 0 Å². The Morgan fingerprint density at radius 1 is 1.46 bits per heavy atom. The van der Waals surface area contributed by atoms with Crippen molar-refractivity contribution in [1.82, 2.24) is 0 Å². The SMILES string of the molecule is Cc1c(Br)ccc2c1C(=O)CCO2. The summed E-state index contributed by atoms with van der Waals surface area (Å²) in [5, 5.41) is 0. The summed E-state index contributed by atoms with van der Waals surface area (Å²) in [6, 6.07) is 3.75. The van der Waals surface area contributed by atoms with E-state index in [1.54, 1.807) is 0 Å². The fourth-order valence-electron chi connectivity index (χ4n) is 1.51. The monoisotopic (exact) mass is 240 g/mol. The summed E-state index contributed by atoms with van der Waals surface area (Å²) in [5.74, 6) is 0.900. The van der Waals surface area contributed by atoms with Gasteiger partial charge in [-0.1, -0.05) is 15.9 Å². The summed E-state index contributed by atoms with van der Waals surface area (Å²) in [5.41, 5.74) is 1.71. The van der Waals surface area contributed by atoms with E-state index in [4.69, 9.17) is 4.74 Å². The molecule has 0 aliphatic carbocycles. The third-order valence-corrected chi connectivity index (χ3v) is 3.09. The predicted molar refractivity (Wildman–Crippen MR) is 53.3 cm³/mol. The molecule has 1 aliphatic rings. The van der Waals surface area contributed by atoms with E-state index in [1.165, 1.54) is 0 Å². The quantitative estimate of drug-likeness (QED) is 0.698. The van der Waals surface area contributed by atoms with Crippen molar-refractivity contribution in [3.05, 3.63) is 27.7 Å². The molecule has 2 nitrogen and oxygen atoms in total. The first-order valence-corrected chi connectivity index (χ1v) is 4.94. The van der Waals surface area contributed by atoms with Crippen molar-refractivity contribution in [2.75, 3.05) is 6.61 Å². The fraction of sp³-hybridized carbons (Fsp3) is 0.300. The third-order valence-electron chi connectivity index (χ3n) is 2.23. The molecular formula is C10H9BrO2. The Kier molecular flexibility index (Phi) is 2.12. The highest BCUT2D eigenvalue weighted by atomic mass is 79.9. The highest BCUT2D eigenvalue weighted by Gasteiger charge is 2.21. The maximum atomic E-state index is 11.6. The van der Waals surface area contributed by atoms with E-state index >= 15 is 0 Å². The first kappa shape index (κ1) is 8.75. The molecule has 3 heteroatoms. The molecule has 2 rings (SSSR count). The summed E-state index contributed by atoms with van der Waals surface area (Å²) in [6.45, 7) is 2.43. The second kappa shape index (κ2) is 3.14. The van der Waals surface area contributed by atoms with Crippen LogP contribution in [0.15, 0.2) is 16.6 Å². The molecule has 0 N–H and O–H groups in total. The van der Waals surface area contributed by atoms with Crippen LogP contribution in [0.4, 0.5) is 0 Å². The lowest BCUT2D eigenvalue weighted by molar-refractivity contribution is 0.0932. The molecule has 0 saturated carbocycles. The molecular weight excluding hydrogens is 232 g/mol. The Morgan fingerprint density at radius 3 is 3.00 bits per heavy atom. The zero-order valence-corrected chi connectivity index (χ0v) is 8.85. The van der Waals surface area contributed by atoms with Gasteiger partial charge in [-0.05, 0) is 24.6 Å². The number of hydrogen-bond donors (Lipinski definition) is 0. The van der Waals surface area contributed by atoms with Crippen molar-refractivity contribution in [3.63, 3.8) is 0 Å². The van der Waals surface area contributed by atoms with Crippen LogP contribution >= 0.6 is 15.9 Å². The first-order chi connectivity index (χ1) is 6.20. The number of hydrogen-bond acceptors (Lipinski definition) is 2. The topological polar surface area (TPSA) is 26.3 Å². The van der Waals surface area contributed by atoms with Crippen molar-refractivity contribution in [1.29, 1.82) is 0 Å². The molecule has 0 radical (unpaired) electrons. The summed E-state index contributed by atoms with van der Waals surface area (Å²) in [6.07, 6.45) is 0.490. The highest BCUT2D eigenvalue weighted by Crippen LogP contribution is 2.31. The Morgan fingerprint density at radius 2 is 2.23 bits per heavy atom. The molecule has 0 bridgehead atoms. The Bertz CT molecular complexity index is 371. The molecule has 0 amide bonds. The van der Waals surface area contributed by atoms with E-state index in [0.717, 1.165) is 21.3 Å². The van der Waals surface area contributed by atoms with Crippen molar-refractivity contribution < 1.29 is 9.53 Å². The Labute approximate surface area is 85.0 Å². The molecule has 0 unspecified atom stereocenters. The van der Waals surface area contributed by atoms with Crippen molar-refractivity contribution in [3.8, 4) is 5.75 Å². The molecule has 0 aromatic heterocycles. The number of fused-ring (bicyclic) bond motifs is 1. The summed E-state index contributed by atoms with van der Waals surface area (Å²) >= 11 is 3.39. The van der Waals surface area contributed by atoms with Crippen LogP contribution in [0.5, 0.6) is 5.75 Å². The molecule has 68 valence electrons. The Balaban J connectivity index is 2.65. The van der Waals surface area contributed by atoms with Gasteiger partial charge >= 0.3 is 0 Å². The number of Topliss-reactive ketones (excluding diaryl/α,β-unsaturated/α-hetero) is 1. The maximum absolute atomic E-state index is 11.6. The lowest BCUT2D eigenvalue weighted by Crippen LogP contribution is -2.16. The van der Waals surface area contributed by atoms with Gasteiger partial charge in [0.1, 0.15) is 5.75 Å². The standard InChI is InChI=1S/C10H9BrO2/c1-6-7(11)2-3-9-10(6)8(12)4-5-13-9/h2-3H,4-5H2,1H3. The van der Waals surface area contributed by atoms with Gasteiger partial charge in [0.25, 0.3) is 0 Å². The van der Waals surface area contributed by atoms with E-state index in [2.05, 4.69) is 15.9 Å². The number of carbonyl (C=O) groups excluding carboxylic acids is 1. The molecule has 0 atom stereocenters. The van der Waals surface area contributed by atoms with Gasteiger partial charge in [-0.3, -0.25) is 4.79 Å². The minimum Gasteiger partial charge on any atom is -0.492 e. The highest BCUT2D eigenvalue weighted by molar-refractivity contribution is 9.10. The van der Waals surface area contributed by atoms with Crippen LogP contribution in [0.1, 0.15) is 22.3 Å². The normalized spacial score (nSPS) is 15.1. The van der Waals surface area contributed by atoms with E-state index < -0.39 is 0 Å². The van der Waals surface area contributed by atoms with Crippen molar-refractivity contribution >= 4 is 21.7 Å². The van der Waals surface area contributed by atoms with Gasteiger partial charge in [0.15, 0.2) is 5.78 Å². The van der Waals surface area contributed by atoms with Crippen LogP contribution in [0.2, 0.25) is 0 Å². The van der Waals surface area contributed by atoms with E-state index in [0.29, 0.717) is 13.0 Å². The molecule has 1 aromatic carbocycles. The Hall–Kier alpha value is -0.830. The third kappa shape index (κ3) is 1.37. The largest absolute Gasteiger partial charge is 0.492 e. The number of benzene rings is 1. The van der Waals surface area contributed by atoms with E-state index in [1.807, 2.05) is 19.1 Å². The fourth-order valence-corrected chi connectivity index (χ4v) is 1.84. The average Bonchev–Trinajstić information content (AvgIpc) is 2.12. The molecule has 1 aliphatic heterocycles. The van der Waals surface area contributed by atoms with Crippen molar-refractivity contribution in [2.24, 2.45) is 0 Å². The van der Waals surface area contributed by atoms with Crippen molar-refractivity contribution in [2.45, 2.75) is 13.3 Å². The summed E-state index contributed by atoms with van der Waals surface area (Å²) in [4.78, 5) is 11.6. The van der Waals surface area contributed by atoms with Gasteiger partial charge in [0, 0.05) is 10.9 Å². The zero-order valence-electron chi connectivity index (χ0n) is 7.26. The van der Waals surface area contributed by atoms with Gasteiger partial charge in [-0.25, -0.2) is 0 Å². The second-order valence-electron chi connectivity index (χ2n) is 3.07. The molecule has 0 fully saturated rings. The lowest BCUT2D eigenvalue weighted by Gasteiger charge is -2.18. The summed E-state index contributed by atoms with van der Waals surface area (Å²) < 4.78 is 6.35. The first-order valence-electron chi connectivity index (χ1n) is 4.15. The second-order valence-corrected chi connectivity index (χ2v) is 3.92. The number of halogens is 1. The van der Waals surface area contributed by atoms with Gasteiger partial charge < -0.3 is 4.74 Å². The van der Waals surface area contributed by atoms with E-state index in [9.17, 15) is 4.79 Å². The van der Waals surface area contributed by atoms with Gasteiger partial charge in [0.05, 0.1) is 12.2 Å². The smallest absolute Gasteiger partial charge is 0.170 e. The molecule has 1 aromatic rings. The number of rotatable bonds is 0. The summed E-state index contributed by atoms with van der Waals surface area (Å²) in [7, 11) is 0. The predicted octanol–water partition coefficient (Wildman–Crippen LogP) is 2.72. The van der Waals surface area contributed by atoms with Gasteiger partial charge in [0.2, 0.25) is 0 Å². The van der Waals surface area contributed by atoms with Crippen LogP contribution < -0.4 is 4.74 Å². The van der Waals surface area contributed by atoms with Crippen LogP contribution in [0, 0.1) is 6.92 Å². The lowest BCUT2D eigenvalue weighted by atomic mass is 10.00. The van der Waals surface area contributed by atoms with Crippen LogP contribution in [0.25, 0.3) is 0 Å². The zero-order chi connectivity index (χ0) is 9.42. The van der Waals surface area contributed by atoms with E-state index in [-0.39, 0.29) is 5.78 Å². The number of ketones is 1. The molecule has 1 heterocycles. The maximum Gasteiger partial charge on any atom is 0.170 e.